The van der Waals surface area contributed by atoms with Crippen LogP contribution < -0.4 is 19.5 Å². The number of hydrogen-bond donors (Lipinski definition) is 2. The third-order valence-electron chi connectivity index (χ3n) is 2.70. The van der Waals surface area contributed by atoms with Gasteiger partial charge >= 0.3 is 5.97 Å². The van der Waals surface area contributed by atoms with Gasteiger partial charge in [-0.1, -0.05) is 5.92 Å². The number of carboxylic acids is 1. The van der Waals surface area contributed by atoms with Gasteiger partial charge < -0.3 is 19.3 Å². The van der Waals surface area contributed by atoms with E-state index in [-0.39, 0.29) is 6.54 Å². The van der Waals surface area contributed by atoms with Crippen molar-refractivity contribution in [2.75, 3.05) is 27.9 Å². The maximum absolute atomic E-state index is 11.4. The summed E-state index contributed by atoms with van der Waals surface area (Å²) in [7, 11) is 4.38. The van der Waals surface area contributed by atoms with Crippen molar-refractivity contribution in [3.63, 3.8) is 0 Å². The van der Waals surface area contributed by atoms with Crippen LogP contribution in [-0.2, 0) is 4.79 Å². The number of carbonyl (C=O) groups is 1. The lowest BCUT2D eigenvalue weighted by molar-refractivity contribution is -0.139. The fourth-order valence-electron chi connectivity index (χ4n) is 1.79. The molecule has 108 valence electrons. The maximum Gasteiger partial charge on any atom is 0.325 e. The largest absolute Gasteiger partial charge is 0.496 e. The van der Waals surface area contributed by atoms with E-state index in [0.717, 1.165) is 0 Å². The molecule has 0 spiro atoms. The normalized spacial score (nSPS) is 11.3. The Labute approximate surface area is 117 Å². The Hall–Kier alpha value is -2.39. The number of aliphatic carboxylic acids is 1. The minimum absolute atomic E-state index is 0.106. The summed E-state index contributed by atoms with van der Waals surface area (Å²) in [4.78, 5) is 11.4. The first-order valence-electron chi connectivity index (χ1n) is 5.78. The van der Waals surface area contributed by atoms with Crippen molar-refractivity contribution in [3.8, 4) is 29.6 Å². The summed E-state index contributed by atoms with van der Waals surface area (Å²) in [6.45, 7) is 0.106. The molecule has 0 aliphatic rings. The smallest absolute Gasteiger partial charge is 0.325 e. The zero-order valence-electron chi connectivity index (χ0n) is 11.6. The van der Waals surface area contributed by atoms with Crippen molar-refractivity contribution >= 4 is 5.97 Å². The molecule has 0 aliphatic heterocycles. The van der Waals surface area contributed by atoms with Crippen molar-refractivity contribution in [1.82, 2.24) is 5.32 Å². The first-order valence-corrected chi connectivity index (χ1v) is 5.78. The van der Waals surface area contributed by atoms with E-state index in [1.165, 1.54) is 21.3 Å². The van der Waals surface area contributed by atoms with Crippen molar-refractivity contribution in [2.45, 2.75) is 6.04 Å². The highest BCUT2D eigenvalue weighted by molar-refractivity contribution is 5.78. The molecule has 0 saturated heterocycles. The minimum Gasteiger partial charge on any atom is -0.496 e. The molecule has 6 heteroatoms. The van der Waals surface area contributed by atoms with Gasteiger partial charge in [-0.25, -0.2) is 0 Å². The molecule has 0 aromatic heterocycles. The molecular formula is C14H17NO5. The molecule has 6 nitrogen and oxygen atoms in total. The van der Waals surface area contributed by atoms with Crippen LogP contribution in [0, 0.1) is 12.3 Å². The van der Waals surface area contributed by atoms with Gasteiger partial charge in [-0.3, -0.25) is 10.1 Å². The number of benzene rings is 1. The molecule has 0 radical (unpaired) electrons. The lowest BCUT2D eigenvalue weighted by atomic mass is 10.0. The molecule has 2 N–H and O–H groups in total. The predicted molar refractivity (Wildman–Crippen MR) is 73.3 cm³/mol. The minimum atomic E-state index is -1.08. The summed E-state index contributed by atoms with van der Waals surface area (Å²) in [6, 6.07) is 2.14. The molecular weight excluding hydrogens is 262 g/mol. The molecule has 1 aromatic rings. The van der Waals surface area contributed by atoms with Crippen LogP contribution in [0.1, 0.15) is 11.6 Å². The second-order valence-electron chi connectivity index (χ2n) is 3.80. The standard InChI is InChI=1S/C14H17NO5/c1-5-6-15-13(14(16)17)12-10(19-3)7-9(18-2)8-11(12)20-4/h1,7-8,13,15H,6H2,2-4H3,(H,16,17). The molecule has 0 heterocycles. The molecule has 0 saturated carbocycles. The van der Waals surface area contributed by atoms with E-state index in [9.17, 15) is 9.90 Å². The van der Waals surface area contributed by atoms with Crippen LogP contribution in [0.2, 0.25) is 0 Å². The molecule has 0 aliphatic carbocycles. The Balaban J connectivity index is 3.38. The predicted octanol–water partition coefficient (Wildman–Crippen LogP) is 1.06. The van der Waals surface area contributed by atoms with Crippen LogP contribution >= 0.6 is 0 Å². The summed E-state index contributed by atoms with van der Waals surface area (Å²) in [5.41, 5.74) is 0.360. The van der Waals surface area contributed by atoms with Crippen LogP contribution in [0.4, 0.5) is 0 Å². The van der Waals surface area contributed by atoms with Gasteiger partial charge in [0, 0.05) is 12.1 Å². The third kappa shape index (κ3) is 3.33. The molecule has 1 atom stereocenters. The second kappa shape index (κ2) is 7.26. The van der Waals surface area contributed by atoms with E-state index >= 15 is 0 Å². The van der Waals surface area contributed by atoms with Crippen LogP contribution in [0.15, 0.2) is 12.1 Å². The van der Waals surface area contributed by atoms with E-state index in [4.69, 9.17) is 20.6 Å². The van der Waals surface area contributed by atoms with E-state index in [1.54, 1.807) is 12.1 Å². The Kier molecular flexibility index (Phi) is 5.69. The highest BCUT2D eigenvalue weighted by Gasteiger charge is 2.27. The van der Waals surface area contributed by atoms with E-state index in [2.05, 4.69) is 11.2 Å². The first kappa shape index (κ1) is 15.7. The molecule has 20 heavy (non-hydrogen) atoms. The van der Waals surface area contributed by atoms with Crippen molar-refractivity contribution in [3.05, 3.63) is 17.7 Å². The number of hydrogen-bond acceptors (Lipinski definition) is 5. The van der Waals surface area contributed by atoms with Gasteiger partial charge in [-0.2, -0.15) is 0 Å². The molecule has 0 amide bonds. The number of terminal acetylenes is 1. The number of carboxylic acid groups (broad SMARTS) is 1. The summed E-state index contributed by atoms with van der Waals surface area (Å²) in [6.07, 6.45) is 5.15. The Bertz CT molecular complexity index is 496. The van der Waals surface area contributed by atoms with Crippen LogP contribution in [0.5, 0.6) is 17.2 Å². The summed E-state index contributed by atoms with van der Waals surface area (Å²) >= 11 is 0. The van der Waals surface area contributed by atoms with Crippen molar-refractivity contribution < 1.29 is 24.1 Å². The van der Waals surface area contributed by atoms with Crippen LogP contribution in [-0.4, -0.2) is 38.9 Å². The van der Waals surface area contributed by atoms with Crippen molar-refractivity contribution in [1.29, 1.82) is 0 Å². The molecule has 1 rings (SSSR count). The highest BCUT2D eigenvalue weighted by atomic mass is 16.5. The van der Waals surface area contributed by atoms with Gasteiger partial charge in [0.25, 0.3) is 0 Å². The molecule has 0 fully saturated rings. The van der Waals surface area contributed by atoms with Gasteiger partial charge in [-0.05, 0) is 0 Å². The molecule has 0 bridgehead atoms. The fraction of sp³-hybridized carbons (Fsp3) is 0.357. The number of nitrogens with one attached hydrogen (secondary N) is 1. The second-order valence-corrected chi connectivity index (χ2v) is 3.80. The lowest BCUT2D eigenvalue weighted by Gasteiger charge is -2.20. The summed E-state index contributed by atoms with van der Waals surface area (Å²) in [5, 5.41) is 12.1. The fourth-order valence-corrected chi connectivity index (χ4v) is 1.79. The Morgan fingerprint density at radius 1 is 1.30 bits per heavy atom. The number of methoxy groups -OCH3 is 3. The van der Waals surface area contributed by atoms with Gasteiger partial charge in [0.15, 0.2) is 0 Å². The van der Waals surface area contributed by atoms with Crippen LogP contribution in [0.3, 0.4) is 0 Å². The van der Waals surface area contributed by atoms with Gasteiger partial charge in [0.05, 0.1) is 33.4 Å². The molecule has 1 unspecified atom stereocenters. The summed E-state index contributed by atoms with van der Waals surface area (Å²) < 4.78 is 15.6. The lowest BCUT2D eigenvalue weighted by Crippen LogP contribution is -2.29. The van der Waals surface area contributed by atoms with E-state index in [0.29, 0.717) is 22.8 Å². The topological polar surface area (TPSA) is 77.0 Å². The zero-order chi connectivity index (χ0) is 15.1. The first-order chi connectivity index (χ1) is 9.58. The highest BCUT2D eigenvalue weighted by Crippen LogP contribution is 2.38. The SMILES string of the molecule is C#CCNC(C(=O)O)c1c(OC)cc(OC)cc1OC. The average molecular weight is 279 g/mol. The number of rotatable bonds is 7. The zero-order valence-corrected chi connectivity index (χ0v) is 11.6. The average Bonchev–Trinajstić information content (AvgIpc) is 2.46. The van der Waals surface area contributed by atoms with E-state index in [1.807, 2.05) is 0 Å². The number of ether oxygens (including phenoxy) is 3. The Morgan fingerprint density at radius 2 is 1.85 bits per heavy atom. The van der Waals surface area contributed by atoms with Gasteiger partial charge in [-0.15, -0.1) is 6.42 Å². The quantitative estimate of drug-likeness (QED) is 0.727. The summed E-state index contributed by atoms with van der Waals surface area (Å²) in [5.74, 6) is 2.45. The molecule has 1 aromatic carbocycles. The van der Waals surface area contributed by atoms with E-state index < -0.39 is 12.0 Å². The third-order valence-corrected chi connectivity index (χ3v) is 2.70. The maximum atomic E-state index is 11.4. The van der Waals surface area contributed by atoms with Crippen LogP contribution in [0.25, 0.3) is 0 Å². The van der Waals surface area contributed by atoms with Crippen molar-refractivity contribution in [2.24, 2.45) is 0 Å². The monoisotopic (exact) mass is 279 g/mol. The van der Waals surface area contributed by atoms with Gasteiger partial charge in [0.1, 0.15) is 23.3 Å². The Morgan fingerprint density at radius 3 is 2.20 bits per heavy atom. The van der Waals surface area contributed by atoms with Gasteiger partial charge in [0.2, 0.25) is 0 Å².